The number of rotatable bonds is 5. The number of anilines is 2. The van der Waals surface area contributed by atoms with Gasteiger partial charge in [0.2, 0.25) is 11.8 Å². The van der Waals surface area contributed by atoms with Crippen LogP contribution >= 0.6 is 0 Å². The Morgan fingerprint density at radius 2 is 1.97 bits per heavy atom. The van der Waals surface area contributed by atoms with Crippen molar-refractivity contribution in [2.75, 3.05) is 23.3 Å². The summed E-state index contributed by atoms with van der Waals surface area (Å²) in [5.74, 6) is -0.691. The monoisotopic (exact) mass is 396 g/mol. The molecule has 2 aliphatic heterocycles. The number of amides is 5. The summed E-state index contributed by atoms with van der Waals surface area (Å²) in [6.07, 6.45) is 2.79. The molecule has 4 rings (SSSR count). The van der Waals surface area contributed by atoms with Gasteiger partial charge in [0.15, 0.2) is 5.54 Å². The van der Waals surface area contributed by atoms with Gasteiger partial charge in [-0.05, 0) is 49.7 Å². The van der Waals surface area contributed by atoms with E-state index in [0.717, 1.165) is 17.0 Å². The lowest BCUT2D eigenvalue weighted by molar-refractivity contribution is -0.134. The molecule has 9 heteroatoms. The summed E-state index contributed by atoms with van der Waals surface area (Å²) in [5.41, 5.74) is -0.0647. The fourth-order valence-electron chi connectivity index (χ4n) is 3.56. The van der Waals surface area contributed by atoms with Crippen molar-refractivity contribution in [2.24, 2.45) is 0 Å². The second kappa shape index (κ2) is 7.08. The molecule has 0 spiro atoms. The molecule has 150 valence electrons. The molecule has 3 heterocycles. The van der Waals surface area contributed by atoms with Crippen molar-refractivity contribution in [1.82, 2.24) is 10.2 Å². The SMILES string of the molecule is C[C@@]1(c2ccco2)NC(=O)N(CC(=O)Nc2ccc(N3CCCC3=O)cc2)C1=O. The standard InChI is InChI=1S/C20H20N4O5/c1-20(15-4-3-11-29-15)18(27)24(19(28)22-20)12-16(25)21-13-6-8-14(9-7-13)23-10-2-5-17(23)26/h3-4,6-9,11H,2,5,10,12H2,1H3,(H,21,25)(H,22,28)/t20-/m0/s1. The molecule has 5 amide bonds. The van der Waals surface area contributed by atoms with E-state index < -0.39 is 29.9 Å². The quantitative estimate of drug-likeness (QED) is 0.749. The van der Waals surface area contributed by atoms with Crippen molar-refractivity contribution in [1.29, 1.82) is 0 Å². The van der Waals surface area contributed by atoms with Gasteiger partial charge in [-0.15, -0.1) is 0 Å². The molecule has 1 aromatic heterocycles. The van der Waals surface area contributed by atoms with E-state index in [4.69, 9.17) is 4.42 Å². The van der Waals surface area contributed by atoms with Gasteiger partial charge in [0.25, 0.3) is 5.91 Å². The van der Waals surface area contributed by atoms with Crippen LogP contribution in [0.25, 0.3) is 0 Å². The van der Waals surface area contributed by atoms with Crippen molar-refractivity contribution in [2.45, 2.75) is 25.3 Å². The zero-order valence-corrected chi connectivity index (χ0v) is 15.8. The van der Waals surface area contributed by atoms with Gasteiger partial charge in [0.05, 0.1) is 6.26 Å². The van der Waals surface area contributed by atoms with Crippen molar-refractivity contribution >= 4 is 35.1 Å². The number of urea groups is 1. The minimum absolute atomic E-state index is 0.0833. The van der Waals surface area contributed by atoms with Gasteiger partial charge >= 0.3 is 6.03 Å². The van der Waals surface area contributed by atoms with Crippen LogP contribution in [0.2, 0.25) is 0 Å². The number of hydrogen-bond donors (Lipinski definition) is 2. The zero-order chi connectivity index (χ0) is 20.6. The first kappa shape index (κ1) is 18.7. The number of benzene rings is 1. The molecule has 0 bridgehead atoms. The smallest absolute Gasteiger partial charge is 0.325 e. The average molecular weight is 396 g/mol. The lowest BCUT2D eigenvalue weighted by Crippen LogP contribution is -2.41. The molecule has 0 radical (unpaired) electrons. The number of imide groups is 1. The second-order valence-corrected chi connectivity index (χ2v) is 7.17. The van der Waals surface area contributed by atoms with E-state index in [1.54, 1.807) is 41.3 Å². The minimum atomic E-state index is -1.34. The molecule has 2 aliphatic rings. The fourth-order valence-corrected chi connectivity index (χ4v) is 3.56. The Morgan fingerprint density at radius 3 is 2.59 bits per heavy atom. The molecule has 2 fully saturated rings. The summed E-state index contributed by atoms with van der Waals surface area (Å²) in [5, 5.41) is 5.23. The Kier molecular flexibility index (Phi) is 4.57. The maximum absolute atomic E-state index is 12.7. The first-order valence-corrected chi connectivity index (χ1v) is 9.27. The third kappa shape index (κ3) is 3.35. The van der Waals surface area contributed by atoms with Gasteiger partial charge in [-0.25, -0.2) is 4.79 Å². The van der Waals surface area contributed by atoms with Crippen LogP contribution in [0.3, 0.4) is 0 Å². The van der Waals surface area contributed by atoms with Gasteiger partial charge in [0.1, 0.15) is 12.3 Å². The third-order valence-electron chi connectivity index (χ3n) is 5.13. The number of carbonyl (C=O) groups is 4. The average Bonchev–Trinajstić information content (AvgIpc) is 3.41. The van der Waals surface area contributed by atoms with Crippen LogP contribution in [0.15, 0.2) is 47.1 Å². The summed E-state index contributed by atoms with van der Waals surface area (Å²) in [6.45, 7) is 1.79. The first-order chi connectivity index (χ1) is 13.9. The summed E-state index contributed by atoms with van der Waals surface area (Å²) in [6, 6.07) is 9.41. The Labute approximate surface area is 166 Å². The highest BCUT2D eigenvalue weighted by Crippen LogP contribution is 2.29. The van der Waals surface area contributed by atoms with Gasteiger partial charge < -0.3 is 20.0 Å². The van der Waals surface area contributed by atoms with Crippen molar-refractivity contribution in [3.8, 4) is 0 Å². The third-order valence-corrected chi connectivity index (χ3v) is 5.13. The summed E-state index contributed by atoms with van der Waals surface area (Å²) in [4.78, 5) is 51.7. The number of carbonyl (C=O) groups excluding carboxylic acids is 4. The number of nitrogens with one attached hydrogen (secondary N) is 2. The van der Waals surface area contributed by atoms with Crippen molar-refractivity contribution in [3.05, 3.63) is 48.4 Å². The fraction of sp³-hybridized carbons (Fsp3) is 0.300. The highest BCUT2D eigenvalue weighted by Gasteiger charge is 2.51. The maximum atomic E-state index is 12.7. The largest absolute Gasteiger partial charge is 0.466 e. The molecule has 29 heavy (non-hydrogen) atoms. The predicted octanol–water partition coefficient (Wildman–Crippen LogP) is 1.81. The van der Waals surface area contributed by atoms with E-state index in [-0.39, 0.29) is 5.91 Å². The molecule has 1 aromatic carbocycles. The highest BCUT2D eigenvalue weighted by molar-refractivity contribution is 6.10. The zero-order valence-electron chi connectivity index (χ0n) is 15.8. The van der Waals surface area contributed by atoms with Gasteiger partial charge in [0, 0.05) is 24.3 Å². The molecular weight excluding hydrogens is 376 g/mol. The second-order valence-electron chi connectivity index (χ2n) is 7.17. The molecule has 9 nitrogen and oxygen atoms in total. The Balaban J connectivity index is 1.40. The van der Waals surface area contributed by atoms with E-state index in [9.17, 15) is 19.2 Å². The van der Waals surface area contributed by atoms with Crippen LogP contribution in [0, 0.1) is 0 Å². The maximum Gasteiger partial charge on any atom is 0.325 e. The van der Waals surface area contributed by atoms with E-state index in [2.05, 4.69) is 10.6 Å². The van der Waals surface area contributed by atoms with Crippen LogP contribution in [-0.4, -0.2) is 41.7 Å². The Morgan fingerprint density at radius 1 is 1.21 bits per heavy atom. The van der Waals surface area contributed by atoms with Crippen LogP contribution in [-0.2, 0) is 19.9 Å². The van der Waals surface area contributed by atoms with Crippen molar-refractivity contribution < 1.29 is 23.6 Å². The van der Waals surface area contributed by atoms with Crippen molar-refractivity contribution in [3.63, 3.8) is 0 Å². The first-order valence-electron chi connectivity index (χ1n) is 9.27. The molecule has 0 unspecified atom stereocenters. The topological polar surface area (TPSA) is 112 Å². The van der Waals surface area contributed by atoms with Gasteiger partial charge in [-0.3, -0.25) is 19.3 Å². The number of furan rings is 1. The van der Waals surface area contributed by atoms with E-state index in [1.807, 2.05) is 0 Å². The van der Waals surface area contributed by atoms with Crippen LogP contribution in [0.1, 0.15) is 25.5 Å². The molecule has 0 aliphatic carbocycles. The van der Waals surface area contributed by atoms with E-state index >= 15 is 0 Å². The van der Waals surface area contributed by atoms with Crippen LogP contribution < -0.4 is 15.5 Å². The predicted molar refractivity (Wildman–Crippen MR) is 103 cm³/mol. The molecule has 2 N–H and O–H groups in total. The lowest BCUT2D eigenvalue weighted by atomic mass is 9.99. The summed E-state index contributed by atoms with van der Waals surface area (Å²) >= 11 is 0. The van der Waals surface area contributed by atoms with E-state index in [0.29, 0.717) is 24.4 Å². The minimum Gasteiger partial charge on any atom is -0.466 e. The molecule has 2 aromatic rings. The molecule has 2 saturated heterocycles. The highest BCUT2D eigenvalue weighted by atomic mass is 16.3. The van der Waals surface area contributed by atoms with Crippen LogP contribution in [0.4, 0.5) is 16.2 Å². The van der Waals surface area contributed by atoms with Gasteiger partial charge in [-0.1, -0.05) is 0 Å². The summed E-state index contributed by atoms with van der Waals surface area (Å²) < 4.78 is 5.26. The normalized spacial score (nSPS) is 21.6. The molecular formula is C20H20N4O5. The van der Waals surface area contributed by atoms with Crippen LogP contribution in [0.5, 0.6) is 0 Å². The van der Waals surface area contributed by atoms with E-state index in [1.165, 1.54) is 13.2 Å². The molecule has 0 saturated carbocycles. The summed E-state index contributed by atoms with van der Waals surface area (Å²) in [7, 11) is 0. The number of nitrogens with zero attached hydrogens (tertiary/aromatic N) is 2. The lowest BCUT2D eigenvalue weighted by Gasteiger charge is -2.19. The Hall–Kier alpha value is -3.62. The Bertz CT molecular complexity index is 969. The van der Waals surface area contributed by atoms with Gasteiger partial charge in [-0.2, -0.15) is 0 Å². The molecule has 1 atom stereocenters. The number of hydrogen-bond acceptors (Lipinski definition) is 5.